The number of halogens is 1. The Morgan fingerprint density at radius 3 is 2.54 bits per heavy atom. The van der Waals surface area contributed by atoms with Gasteiger partial charge >= 0.3 is 5.97 Å². The van der Waals surface area contributed by atoms with Crippen LogP contribution in [-0.4, -0.2) is 50.6 Å². The van der Waals surface area contributed by atoms with Gasteiger partial charge in [-0.15, -0.1) is 0 Å². The van der Waals surface area contributed by atoms with Crippen molar-refractivity contribution in [2.24, 2.45) is 5.73 Å². The maximum absolute atomic E-state index is 14.7. The van der Waals surface area contributed by atoms with Crippen LogP contribution in [0.25, 0.3) is 21.9 Å². The molecule has 1 aromatic heterocycles. The smallest absolute Gasteiger partial charge is 0.303 e. The highest BCUT2D eigenvalue weighted by Gasteiger charge is 2.30. The molecule has 2 aromatic carbocycles. The van der Waals surface area contributed by atoms with E-state index in [0.717, 1.165) is 25.7 Å². The first-order valence-electron chi connectivity index (χ1n) is 12.5. The number of aromatic nitrogens is 2. The van der Waals surface area contributed by atoms with Crippen LogP contribution in [0.15, 0.2) is 42.5 Å². The number of rotatable bonds is 7. The Balaban J connectivity index is 1.68. The molecule has 0 bridgehead atoms. The molecule has 0 radical (unpaired) electrons. The maximum Gasteiger partial charge on any atom is 0.303 e. The average Bonchev–Trinajstić information content (AvgIpc) is 3.67. The zero-order valence-corrected chi connectivity index (χ0v) is 20.4. The van der Waals surface area contributed by atoms with Crippen molar-refractivity contribution in [3.8, 4) is 17.1 Å². The van der Waals surface area contributed by atoms with E-state index in [2.05, 4.69) is 4.85 Å². The highest BCUT2D eigenvalue weighted by molar-refractivity contribution is 5.95. The SMILES string of the molecule is [C-]#[N+]c1ccc(-c2nc(C(=O)N3CCC[C@H](N)C3)c(CCC(=O)O)n2-c2ccc(C3CC3)cc2)cc1F. The minimum absolute atomic E-state index is 0.0658. The topological polar surface area (TPSA) is 106 Å². The number of nitrogens with two attached hydrogens (primary N) is 1. The van der Waals surface area contributed by atoms with Crippen molar-refractivity contribution >= 4 is 17.6 Å². The lowest BCUT2D eigenvalue weighted by Gasteiger charge is -2.30. The molecule has 3 N–H and O–H groups in total. The van der Waals surface area contributed by atoms with Gasteiger partial charge < -0.3 is 15.7 Å². The third-order valence-corrected chi connectivity index (χ3v) is 7.02. The summed E-state index contributed by atoms with van der Waals surface area (Å²) < 4.78 is 16.4. The largest absolute Gasteiger partial charge is 0.481 e. The van der Waals surface area contributed by atoms with Gasteiger partial charge in [0, 0.05) is 36.8 Å². The molecule has 1 amide bonds. The number of amides is 1. The molecule has 190 valence electrons. The zero-order chi connectivity index (χ0) is 26.1. The molecule has 1 aliphatic carbocycles. The quantitative estimate of drug-likeness (QED) is 0.457. The third-order valence-electron chi connectivity index (χ3n) is 7.02. The van der Waals surface area contributed by atoms with E-state index in [4.69, 9.17) is 17.3 Å². The molecule has 1 saturated heterocycles. The fourth-order valence-corrected chi connectivity index (χ4v) is 4.95. The van der Waals surface area contributed by atoms with E-state index in [9.17, 15) is 19.1 Å². The Kier molecular flexibility index (Phi) is 6.76. The van der Waals surface area contributed by atoms with Crippen LogP contribution in [0.4, 0.5) is 10.1 Å². The molecule has 9 heteroatoms. The number of benzene rings is 2. The van der Waals surface area contributed by atoms with Crippen molar-refractivity contribution < 1.29 is 19.1 Å². The molecule has 3 aromatic rings. The number of likely N-dealkylation sites (tertiary alicyclic amines) is 1. The minimum atomic E-state index is -0.996. The Morgan fingerprint density at radius 1 is 1.16 bits per heavy atom. The summed E-state index contributed by atoms with van der Waals surface area (Å²) in [6.07, 6.45) is 3.78. The van der Waals surface area contributed by atoms with Crippen LogP contribution >= 0.6 is 0 Å². The lowest BCUT2D eigenvalue weighted by Crippen LogP contribution is -2.46. The highest BCUT2D eigenvalue weighted by atomic mass is 19.1. The molecule has 2 heterocycles. The first kappa shape index (κ1) is 24.7. The molecule has 0 spiro atoms. The zero-order valence-electron chi connectivity index (χ0n) is 20.4. The van der Waals surface area contributed by atoms with Gasteiger partial charge in [-0.2, -0.15) is 0 Å². The van der Waals surface area contributed by atoms with Crippen LogP contribution in [0.3, 0.4) is 0 Å². The standard InChI is InChI=1S/C28H28FN5O3/c1-31-23-11-8-19(15-22(23)29)27-32-26(28(37)33-14-2-3-20(30)16-33)24(12-13-25(35)36)34(27)21-9-6-18(7-10-21)17-4-5-17/h6-11,15,17,20H,2-5,12-14,16,30H2,(H,35,36)/t20-/m0/s1. The predicted octanol–water partition coefficient (Wildman–Crippen LogP) is 4.69. The van der Waals surface area contributed by atoms with Gasteiger partial charge in [0.2, 0.25) is 5.69 Å². The van der Waals surface area contributed by atoms with Crippen molar-refractivity contribution in [3.63, 3.8) is 0 Å². The van der Waals surface area contributed by atoms with Gasteiger partial charge in [0.15, 0.2) is 5.69 Å². The average molecular weight is 502 g/mol. The number of carboxylic acid groups (broad SMARTS) is 1. The Bertz CT molecular complexity index is 1390. The molecule has 1 aliphatic heterocycles. The summed E-state index contributed by atoms with van der Waals surface area (Å²) in [6.45, 7) is 8.10. The minimum Gasteiger partial charge on any atom is -0.481 e. The van der Waals surface area contributed by atoms with Gasteiger partial charge in [0.25, 0.3) is 5.91 Å². The molecular weight excluding hydrogens is 473 g/mol. The van der Waals surface area contributed by atoms with E-state index in [0.29, 0.717) is 41.8 Å². The van der Waals surface area contributed by atoms with Crippen LogP contribution in [0, 0.1) is 12.4 Å². The second-order valence-corrected chi connectivity index (χ2v) is 9.76. The number of hydrogen-bond acceptors (Lipinski definition) is 4. The van der Waals surface area contributed by atoms with Crippen LogP contribution in [0.5, 0.6) is 0 Å². The lowest BCUT2D eigenvalue weighted by atomic mass is 10.1. The molecule has 2 fully saturated rings. The first-order valence-corrected chi connectivity index (χ1v) is 12.5. The van der Waals surface area contributed by atoms with Crippen molar-refractivity contribution in [3.05, 3.63) is 76.7 Å². The second kappa shape index (κ2) is 10.1. The van der Waals surface area contributed by atoms with Crippen molar-refractivity contribution in [1.82, 2.24) is 14.5 Å². The molecule has 2 aliphatic rings. The van der Waals surface area contributed by atoms with E-state index >= 15 is 0 Å². The van der Waals surface area contributed by atoms with Crippen LogP contribution in [0.2, 0.25) is 0 Å². The molecule has 1 saturated carbocycles. The number of imidazole rings is 1. The van der Waals surface area contributed by atoms with E-state index in [1.54, 1.807) is 15.5 Å². The molecule has 8 nitrogen and oxygen atoms in total. The summed E-state index contributed by atoms with van der Waals surface area (Å²) in [6, 6.07) is 12.0. The number of carbonyl (C=O) groups excluding carboxylic acids is 1. The number of aliphatic carboxylic acids is 1. The summed E-state index contributed by atoms with van der Waals surface area (Å²) in [5.41, 5.74) is 8.93. The van der Waals surface area contributed by atoms with Gasteiger partial charge in [-0.1, -0.05) is 24.3 Å². The number of carbonyl (C=O) groups is 2. The van der Waals surface area contributed by atoms with E-state index < -0.39 is 11.8 Å². The normalized spacial score (nSPS) is 17.4. The summed E-state index contributed by atoms with van der Waals surface area (Å²) in [5, 5.41) is 9.45. The predicted molar refractivity (Wildman–Crippen MR) is 136 cm³/mol. The lowest BCUT2D eigenvalue weighted by molar-refractivity contribution is -0.137. The van der Waals surface area contributed by atoms with Gasteiger partial charge in [0.05, 0.1) is 18.7 Å². The Hall–Kier alpha value is -4.03. The Morgan fingerprint density at radius 2 is 1.92 bits per heavy atom. The summed E-state index contributed by atoms with van der Waals surface area (Å²) >= 11 is 0. The number of piperidine rings is 1. The summed E-state index contributed by atoms with van der Waals surface area (Å²) in [4.78, 5) is 34.8. The van der Waals surface area contributed by atoms with Gasteiger partial charge in [-0.25, -0.2) is 14.2 Å². The summed E-state index contributed by atoms with van der Waals surface area (Å²) in [5.74, 6) is -1.13. The van der Waals surface area contributed by atoms with E-state index in [1.807, 2.05) is 24.3 Å². The molecular formula is C28H28FN5O3. The molecule has 0 unspecified atom stereocenters. The van der Waals surface area contributed by atoms with Crippen LogP contribution < -0.4 is 5.73 Å². The summed E-state index contributed by atoms with van der Waals surface area (Å²) in [7, 11) is 0. The number of hydrogen-bond donors (Lipinski definition) is 2. The number of nitrogens with zero attached hydrogens (tertiary/aromatic N) is 4. The fraction of sp³-hybridized carbons (Fsp3) is 0.357. The third kappa shape index (κ3) is 5.11. The fourth-order valence-electron chi connectivity index (χ4n) is 4.95. The van der Waals surface area contributed by atoms with Crippen molar-refractivity contribution in [2.75, 3.05) is 13.1 Å². The second-order valence-electron chi connectivity index (χ2n) is 9.76. The van der Waals surface area contributed by atoms with Crippen molar-refractivity contribution in [1.29, 1.82) is 0 Å². The Labute approximate surface area is 214 Å². The molecule has 5 rings (SSSR count). The van der Waals surface area contributed by atoms with Crippen LogP contribution in [0.1, 0.15) is 59.8 Å². The number of carboxylic acids is 1. The van der Waals surface area contributed by atoms with Gasteiger partial charge in [0.1, 0.15) is 11.6 Å². The first-order chi connectivity index (χ1) is 17.9. The van der Waals surface area contributed by atoms with Crippen molar-refractivity contribution in [2.45, 2.75) is 50.5 Å². The highest BCUT2D eigenvalue weighted by Crippen LogP contribution is 2.40. The van der Waals surface area contributed by atoms with E-state index in [-0.39, 0.29) is 36.2 Å². The molecule has 1 atom stereocenters. The van der Waals surface area contributed by atoms with E-state index in [1.165, 1.54) is 17.7 Å². The van der Waals surface area contributed by atoms with Crippen LogP contribution in [-0.2, 0) is 11.2 Å². The molecule has 37 heavy (non-hydrogen) atoms. The van der Waals surface area contributed by atoms with Gasteiger partial charge in [-0.3, -0.25) is 14.2 Å². The monoisotopic (exact) mass is 501 g/mol. The van der Waals surface area contributed by atoms with Gasteiger partial charge in [-0.05, 0) is 55.4 Å². The maximum atomic E-state index is 14.7.